The van der Waals surface area contributed by atoms with E-state index in [1.165, 1.54) is 6.42 Å². The second kappa shape index (κ2) is 5.81. The van der Waals surface area contributed by atoms with Crippen LogP contribution in [0.5, 0.6) is 0 Å². The minimum atomic E-state index is -0.709. The van der Waals surface area contributed by atoms with Gasteiger partial charge in [0.1, 0.15) is 12.1 Å². The summed E-state index contributed by atoms with van der Waals surface area (Å²) in [5.74, 6) is 0. The second-order valence-corrected chi connectivity index (χ2v) is 4.53. The Labute approximate surface area is 102 Å². The minimum Gasteiger partial charge on any atom is -0.386 e. The molecule has 1 aliphatic rings. The molecule has 2 rings (SSSR count). The highest BCUT2D eigenvalue weighted by Crippen LogP contribution is 2.23. The fraction of sp³-hybridized carbons (Fsp3) is 0.500. The van der Waals surface area contributed by atoms with Crippen molar-refractivity contribution in [2.24, 2.45) is 0 Å². The van der Waals surface area contributed by atoms with E-state index in [9.17, 15) is 10.4 Å². The van der Waals surface area contributed by atoms with Crippen molar-refractivity contribution in [3.63, 3.8) is 0 Å². The van der Waals surface area contributed by atoms with E-state index >= 15 is 0 Å². The van der Waals surface area contributed by atoms with Gasteiger partial charge in [0.05, 0.1) is 6.07 Å². The molecule has 1 aromatic carbocycles. The molecular weight excluding hydrogens is 212 g/mol. The van der Waals surface area contributed by atoms with Crippen molar-refractivity contribution in [3.05, 3.63) is 35.9 Å². The molecule has 0 radical (unpaired) electrons. The molecule has 3 nitrogen and oxygen atoms in total. The third kappa shape index (κ3) is 2.85. The summed E-state index contributed by atoms with van der Waals surface area (Å²) in [5, 5.41) is 19.5. The average molecular weight is 230 g/mol. The first kappa shape index (κ1) is 12.1. The quantitative estimate of drug-likeness (QED) is 0.865. The normalized spacial score (nSPS) is 20.5. The molecule has 1 fully saturated rings. The van der Waals surface area contributed by atoms with Crippen LogP contribution in [0.4, 0.5) is 0 Å². The number of benzene rings is 1. The highest BCUT2D eigenvalue weighted by molar-refractivity contribution is 5.21. The van der Waals surface area contributed by atoms with Crippen LogP contribution in [0.3, 0.4) is 0 Å². The maximum atomic E-state index is 10.3. The van der Waals surface area contributed by atoms with Crippen molar-refractivity contribution < 1.29 is 5.11 Å². The first-order chi connectivity index (χ1) is 8.33. The molecule has 1 N–H and O–H groups in total. The summed E-state index contributed by atoms with van der Waals surface area (Å²) < 4.78 is 0. The predicted molar refractivity (Wildman–Crippen MR) is 66.2 cm³/mol. The molecule has 1 aliphatic heterocycles. The molecule has 0 aromatic heterocycles. The Hall–Kier alpha value is -1.37. The first-order valence-corrected chi connectivity index (χ1v) is 6.19. The SMILES string of the molecule is N#CC(C(O)c1ccccc1)N1CCCCC1. The molecule has 0 aliphatic carbocycles. The van der Waals surface area contributed by atoms with Gasteiger partial charge >= 0.3 is 0 Å². The van der Waals surface area contributed by atoms with Crippen LogP contribution in [0.15, 0.2) is 30.3 Å². The number of rotatable bonds is 3. The Bertz CT molecular complexity index is 379. The number of aliphatic hydroxyl groups is 1. The van der Waals surface area contributed by atoms with E-state index in [2.05, 4.69) is 11.0 Å². The summed E-state index contributed by atoms with van der Waals surface area (Å²) in [6, 6.07) is 11.3. The van der Waals surface area contributed by atoms with Crippen LogP contribution in [-0.4, -0.2) is 29.1 Å². The van der Waals surface area contributed by atoms with Crippen molar-refractivity contribution in [1.29, 1.82) is 5.26 Å². The smallest absolute Gasteiger partial charge is 0.128 e. The predicted octanol–water partition coefficient (Wildman–Crippen LogP) is 2.10. The zero-order valence-electron chi connectivity index (χ0n) is 9.92. The van der Waals surface area contributed by atoms with Crippen LogP contribution >= 0.6 is 0 Å². The lowest BCUT2D eigenvalue weighted by atomic mass is 9.99. The molecule has 1 aromatic rings. The van der Waals surface area contributed by atoms with Gasteiger partial charge < -0.3 is 5.11 Å². The molecule has 0 spiro atoms. The van der Waals surface area contributed by atoms with Crippen LogP contribution in [0, 0.1) is 11.3 Å². The van der Waals surface area contributed by atoms with Gasteiger partial charge in [0.2, 0.25) is 0 Å². The van der Waals surface area contributed by atoms with Gasteiger partial charge in [-0.1, -0.05) is 36.8 Å². The zero-order chi connectivity index (χ0) is 12.1. The van der Waals surface area contributed by atoms with Gasteiger partial charge in [-0.25, -0.2) is 0 Å². The minimum absolute atomic E-state index is 0.419. The first-order valence-electron chi connectivity index (χ1n) is 6.19. The van der Waals surface area contributed by atoms with Gasteiger partial charge in [0, 0.05) is 0 Å². The average Bonchev–Trinajstić information content (AvgIpc) is 2.42. The van der Waals surface area contributed by atoms with E-state index in [1.54, 1.807) is 0 Å². The highest BCUT2D eigenvalue weighted by Gasteiger charge is 2.27. The topological polar surface area (TPSA) is 47.3 Å². The Morgan fingerprint density at radius 3 is 2.35 bits per heavy atom. The summed E-state index contributed by atoms with van der Waals surface area (Å²) in [4.78, 5) is 2.10. The summed E-state index contributed by atoms with van der Waals surface area (Å²) >= 11 is 0. The van der Waals surface area contributed by atoms with Crippen LogP contribution < -0.4 is 0 Å². The van der Waals surface area contributed by atoms with Crippen LogP contribution in [0.1, 0.15) is 30.9 Å². The maximum absolute atomic E-state index is 10.3. The number of hydrogen-bond acceptors (Lipinski definition) is 3. The van der Waals surface area contributed by atoms with Gasteiger partial charge in [-0.05, 0) is 31.5 Å². The number of hydrogen-bond donors (Lipinski definition) is 1. The fourth-order valence-electron chi connectivity index (χ4n) is 2.38. The third-order valence-electron chi connectivity index (χ3n) is 3.36. The van der Waals surface area contributed by atoms with Gasteiger partial charge in [-0.3, -0.25) is 4.90 Å². The maximum Gasteiger partial charge on any atom is 0.128 e. The molecule has 1 saturated heterocycles. The number of nitrogens with zero attached hydrogens (tertiary/aromatic N) is 2. The van der Waals surface area contributed by atoms with E-state index in [0.717, 1.165) is 31.5 Å². The third-order valence-corrected chi connectivity index (χ3v) is 3.36. The van der Waals surface area contributed by atoms with Gasteiger partial charge in [0.15, 0.2) is 0 Å². The van der Waals surface area contributed by atoms with Gasteiger partial charge in [0.25, 0.3) is 0 Å². The molecule has 0 amide bonds. The molecular formula is C14H18N2O. The lowest BCUT2D eigenvalue weighted by molar-refractivity contribution is 0.0657. The van der Waals surface area contributed by atoms with E-state index in [-0.39, 0.29) is 0 Å². The largest absolute Gasteiger partial charge is 0.386 e. The fourth-order valence-corrected chi connectivity index (χ4v) is 2.38. The summed E-state index contributed by atoms with van der Waals surface area (Å²) in [5.41, 5.74) is 0.824. The van der Waals surface area contributed by atoms with Gasteiger partial charge in [-0.15, -0.1) is 0 Å². The van der Waals surface area contributed by atoms with Crippen LogP contribution in [0.25, 0.3) is 0 Å². The van der Waals surface area contributed by atoms with Gasteiger partial charge in [-0.2, -0.15) is 5.26 Å². The lowest BCUT2D eigenvalue weighted by Gasteiger charge is -2.33. The molecule has 2 atom stereocenters. The van der Waals surface area contributed by atoms with E-state index in [1.807, 2.05) is 30.3 Å². The Balaban J connectivity index is 2.10. The molecule has 3 heteroatoms. The molecule has 1 heterocycles. The van der Waals surface area contributed by atoms with E-state index < -0.39 is 12.1 Å². The number of nitriles is 1. The zero-order valence-corrected chi connectivity index (χ0v) is 9.92. The number of aliphatic hydroxyl groups excluding tert-OH is 1. The standard InChI is InChI=1S/C14H18N2O/c15-11-13(16-9-5-2-6-10-16)14(17)12-7-3-1-4-8-12/h1,3-4,7-8,13-14,17H,2,5-6,9-10H2. The van der Waals surface area contributed by atoms with Crippen molar-refractivity contribution in [2.45, 2.75) is 31.4 Å². The van der Waals surface area contributed by atoms with Crippen LogP contribution in [-0.2, 0) is 0 Å². The Morgan fingerprint density at radius 1 is 1.12 bits per heavy atom. The van der Waals surface area contributed by atoms with Crippen LogP contribution in [0.2, 0.25) is 0 Å². The molecule has 90 valence electrons. The summed E-state index contributed by atoms with van der Waals surface area (Å²) in [6.45, 7) is 1.84. The summed E-state index contributed by atoms with van der Waals surface area (Å²) in [6.07, 6.45) is 2.77. The Morgan fingerprint density at radius 2 is 1.76 bits per heavy atom. The summed E-state index contributed by atoms with van der Waals surface area (Å²) in [7, 11) is 0. The van der Waals surface area contributed by atoms with E-state index in [0.29, 0.717) is 0 Å². The molecule has 2 unspecified atom stereocenters. The molecule has 0 bridgehead atoms. The molecule has 0 saturated carbocycles. The van der Waals surface area contributed by atoms with Crippen molar-refractivity contribution in [3.8, 4) is 6.07 Å². The lowest BCUT2D eigenvalue weighted by Crippen LogP contribution is -2.41. The Kier molecular flexibility index (Phi) is 4.13. The van der Waals surface area contributed by atoms with Crippen molar-refractivity contribution in [1.82, 2.24) is 4.90 Å². The number of piperidine rings is 1. The highest BCUT2D eigenvalue weighted by atomic mass is 16.3. The molecule has 17 heavy (non-hydrogen) atoms. The van der Waals surface area contributed by atoms with Crippen molar-refractivity contribution in [2.75, 3.05) is 13.1 Å². The second-order valence-electron chi connectivity index (χ2n) is 4.53. The van der Waals surface area contributed by atoms with Crippen molar-refractivity contribution >= 4 is 0 Å². The van der Waals surface area contributed by atoms with E-state index in [4.69, 9.17) is 0 Å². The monoisotopic (exact) mass is 230 g/mol. The number of likely N-dealkylation sites (tertiary alicyclic amines) is 1.